The number of hydrogen-bond donors (Lipinski definition) is 7. The van der Waals surface area contributed by atoms with Crippen molar-refractivity contribution >= 4 is 5.97 Å². The van der Waals surface area contributed by atoms with Gasteiger partial charge in [-0.3, -0.25) is 4.79 Å². The van der Waals surface area contributed by atoms with Crippen LogP contribution in [0.1, 0.15) is 123 Å². The van der Waals surface area contributed by atoms with E-state index in [4.69, 9.17) is 35.7 Å². The molecular weight excluding hydrogens is 452 g/mol. The van der Waals surface area contributed by atoms with E-state index in [1.807, 2.05) is 0 Å². The van der Waals surface area contributed by atoms with Gasteiger partial charge in [0.2, 0.25) is 0 Å². The van der Waals surface area contributed by atoms with E-state index in [0.717, 1.165) is 12.8 Å². The van der Waals surface area contributed by atoms with Gasteiger partial charge in [-0.15, -0.1) is 0 Å². The van der Waals surface area contributed by atoms with E-state index in [1.165, 1.54) is 89.9 Å². The summed E-state index contributed by atoms with van der Waals surface area (Å²) in [4.78, 5) is 11.0. The molecule has 0 fully saturated rings. The lowest BCUT2D eigenvalue weighted by molar-refractivity contribution is -0.138. The van der Waals surface area contributed by atoms with E-state index in [2.05, 4.69) is 13.8 Å². The van der Waals surface area contributed by atoms with Crippen molar-refractivity contribution < 1.29 is 40.5 Å². The van der Waals surface area contributed by atoms with Gasteiger partial charge >= 0.3 is 5.97 Å². The molecule has 8 nitrogen and oxygen atoms in total. The van der Waals surface area contributed by atoms with Crippen LogP contribution in [0.2, 0.25) is 0 Å². The van der Waals surface area contributed by atoms with Crippen LogP contribution >= 0.6 is 0 Å². The van der Waals surface area contributed by atoms with Crippen molar-refractivity contribution in [1.82, 2.24) is 0 Å². The lowest BCUT2D eigenvalue weighted by atomic mass is 9.91. The SMILES string of the molecule is CCCCCCCCCCC(CCCCCCCC)CC(=O)O.OCC(O)CO.OCC(O)CO. The van der Waals surface area contributed by atoms with Crippen LogP contribution in [0.4, 0.5) is 0 Å². The average molecular weight is 511 g/mol. The fourth-order valence-electron chi connectivity index (χ4n) is 3.49. The van der Waals surface area contributed by atoms with Crippen molar-refractivity contribution in [1.29, 1.82) is 0 Å². The third kappa shape index (κ3) is 37.9. The van der Waals surface area contributed by atoms with Gasteiger partial charge in [0.25, 0.3) is 0 Å². The molecule has 0 aromatic heterocycles. The molecule has 0 bridgehead atoms. The molecule has 0 rings (SSSR count). The Hall–Kier alpha value is -0.770. The summed E-state index contributed by atoms with van der Waals surface area (Å²) in [6, 6.07) is 0. The van der Waals surface area contributed by atoms with Crippen LogP contribution in [0.5, 0.6) is 0 Å². The topological polar surface area (TPSA) is 159 Å². The molecule has 0 radical (unpaired) electrons. The van der Waals surface area contributed by atoms with E-state index in [9.17, 15) is 4.79 Å². The third-order valence-electron chi connectivity index (χ3n) is 5.74. The average Bonchev–Trinajstić information content (AvgIpc) is 2.86. The molecule has 8 heteroatoms. The van der Waals surface area contributed by atoms with Crippen molar-refractivity contribution in [2.24, 2.45) is 5.92 Å². The molecule has 0 saturated carbocycles. The molecule has 7 N–H and O–H groups in total. The van der Waals surface area contributed by atoms with Gasteiger partial charge < -0.3 is 35.7 Å². The summed E-state index contributed by atoms with van der Waals surface area (Å²) in [5, 5.41) is 57.1. The number of aliphatic carboxylic acids is 1. The van der Waals surface area contributed by atoms with E-state index < -0.39 is 18.2 Å². The number of rotatable bonds is 22. The maximum atomic E-state index is 11.0. The van der Waals surface area contributed by atoms with Gasteiger partial charge in [-0.2, -0.15) is 0 Å². The molecule has 214 valence electrons. The Kier molecular flexibility index (Phi) is 36.8. The molecule has 0 aliphatic heterocycles. The Morgan fingerprint density at radius 3 is 1.06 bits per heavy atom. The van der Waals surface area contributed by atoms with Gasteiger partial charge in [0, 0.05) is 6.42 Å². The first-order valence-corrected chi connectivity index (χ1v) is 13.8. The summed E-state index contributed by atoms with van der Waals surface area (Å²) in [5.74, 6) is -0.195. The lowest BCUT2D eigenvalue weighted by Crippen LogP contribution is -2.15. The second kappa shape index (κ2) is 33.2. The van der Waals surface area contributed by atoms with Crippen LogP contribution in [0.3, 0.4) is 0 Å². The molecule has 0 aromatic carbocycles. The second-order valence-corrected chi connectivity index (χ2v) is 9.32. The van der Waals surface area contributed by atoms with Crippen molar-refractivity contribution in [3.63, 3.8) is 0 Å². The van der Waals surface area contributed by atoms with Crippen molar-refractivity contribution in [3.05, 3.63) is 0 Å². The quantitative estimate of drug-likeness (QED) is 0.108. The van der Waals surface area contributed by atoms with Crippen LogP contribution in [-0.4, -0.2) is 80.4 Å². The molecule has 0 saturated heterocycles. The van der Waals surface area contributed by atoms with E-state index in [-0.39, 0.29) is 26.4 Å². The van der Waals surface area contributed by atoms with Crippen molar-refractivity contribution in [3.8, 4) is 0 Å². The molecule has 35 heavy (non-hydrogen) atoms. The van der Waals surface area contributed by atoms with Crippen LogP contribution in [0.25, 0.3) is 0 Å². The van der Waals surface area contributed by atoms with Gasteiger partial charge in [-0.05, 0) is 18.8 Å². The predicted octanol–water partition coefficient (Wildman–Crippen LogP) is 4.02. The van der Waals surface area contributed by atoms with Crippen LogP contribution in [0.15, 0.2) is 0 Å². The zero-order valence-electron chi connectivity index (χ0n) is 22.6. The fraction of sp³-hybridized carbons (Fsp3) is 0.963. The van der Waals surface area contributed by atoms with Gasteiger partial charge in [-0.25, -0.2) is 0 Å². The number of carboxylic acids is 1. The summed E-state index contributed by atoms with van der Waals surface area (Å²) in [5.41, 5.74) is 0. The minimum atomic E-state index is -0.954. The predicted molar refractivity (Wildman–Crippen MR) is 141 cm³/mol. The molecule has 0 aromatic rings. The smallest absolute Gasteiger partial charge is 0.303 e. The standard InChI is InChI=1S/C21H42O2.2C3H8O3/c1-3-5-7-9-11-12-14-16-18-20(19-21(22)23)17-15-13-10-8-6-4-2;2*4-1-3(6)2-5/h20H,3-19H2,1-2H3,(H,22,23);2*3-6H,1-2H2. The van der Waals surface area contributed by atoms with Gasteiger partial charge in [0.05, 0.1) is 26.4 Å². The monoisotopic (exact) mass is 510 g/mol. The maximum absolute atomic E-state index is 11.0. The highest BCUT2D eigenvalue weighted by Crippen LogP contribution is 2.22. The molecule has 0 amide bonds. The largest absolute Gasteiger partial charge is 0.481 e. The highest BCUT2D eigenvalue weighted by molar-refractivity contribution is 5.66. The Balaban J connectivity index is -0.000000697. The van der Waals surface area contributed by atoms with E-state index in [0.29, 0.717) is 12.3 Å². The summed E-state index contributed by atoms with van der Waals surface area (Å²) in [7, 11) is 0. The molecule has 1 atom stereocenters. The number of aliphatic hydroxyl groups is 6. The first-order chi connectivity index (χ1) is 16.8. The molecule has 0 spiro atoms. The number of unbranched alkanes of at least 4 members (excludes halogenated alkanes) is 12. The molecular formula is C27H58O8. The third-order valence-corrected chi connectivity index (χ3v) is 5.74. The number of hydrogen-bond acceptors (Lipinski definition) is 7. The Bertz CT molecular complexity index is 377. The van der Waals surface area contributed by atoms with Crippen LogP contribution < -0.4 is 0 Å². The lowest BCUT2D eigenvalue weighted by Gasteiger charge is -2.14. The minimum Gasteiger partial charge on any atom is -0.481 e. The summed E-state index contributed by atoms with van der Waals surface area (Å²) in [6.45, 7) is 3.04. The molecule has 0 aliphatic rings. The molecule has 1 unspecified atom stereocenters. The highest BCUT2D eigenvalue weighted by Gasteiger charge is 2.12. The van der Waals surface area contributed by atoms with Gasteiger partial charge in [-0.1, -0.05) is 104 Å². The van der Waals surface area contributed by atoms with Crippen molar-refractivity contribution in [2.75, 3.05) is 26.4 Å². The zero-order valence-corrected chi connectivity index (χ0v) is 22.6. The number of carboxylic acid groups (broad SMARTS) is 1. The van der Waals surface area contributed by atoms with Gasteiger partial charge in [0.15, 0.2) is 0 Å². The first kappa shape index (κ1) is 38.8. The van der Waals surface area contributed by atoms with Crippen LogP contribution in [-0.2, 0) is 4.79 Å². The van der Waals surface area contributed by atoms with E-state index in [1.54, 1.807) is 0 Å². The summed E-state index contributed by atoms with van der Waals surface area (Å²) >= 11 is 0. The number of aliphatic hydroxyl groups excluding tert-OH is 6. The summed E-state index contributed by atoms with van der Waals surface area (Å²) in [6.07, 6.45) is 19.2. The maximum Gasteiger partial charge on any atom is 0.303 e. The normalized spacial score (nSPS) is 11.6. The summed E-state index contributed by atoms with van der Waals surface area (Å²) < 4.78 is 0. The van der Waals surface area contributed by atoms with Crippen molar-refractivity contribution in [2.45, 2.75) is 135 Å². The van der Waals surface area contributed by atoms with Crippen LogP contribution in [0, 0.1) is 5.92 Å². The van der Waals surface area contributed by atoms with Gasteiger partial charge in [0.1, 0.15) is 12.2 Å². The molecule has 0 aliphatic carbocycles. The zero-order chi connectivity index (χ0) is 27.2. The molecule has 0 heterocycles. The second-order valence-electron chi connectivity index (χ2n) is 9.32. The van der Waals surface area contributed by atoms with E-state index >= 15 is 0 Å². The first-order valence-electron chi connectivity index (χ1n) is 13.8. The number of carbonyl (C=O) groups is 1. The fourth-order valence-corrected chi connectivity index (χ4v) is 3.49. The Labute approximate surface area is 214 Å². The Morgan fingerprint density at radius 1 is 0.543 bits per heavy atom. The Morgan fingerprint density at radius 2 is 0.829 bits per heavy atom. The highest BCUT2D eigenvalue weighted by atomic mass is 16.4. The minimum absolute atomic E-state index is 0.365.